The summed E-state index contributed by atoms with van der Waals surface area (Å²) >= 11 is 0. The first-order chi connectivity index (χ1) is 10.4. The molecule has 22 heavy (non-hydrogen) atoms. The number of hydrogen-bond acceptors (Lipinski definition) is 3. The van der Waals surface area contributed by atoms with Crippen LogP contribution in [0.5, 0.6) is 0 Å². The monoisotopic (exact) mass is 316 g/mol. The van der Waals surface area contributed by atoms with E-state index in [1.807, 2.05) is 32.0 Å². The molecule has 2 aromatic carbocycles. The molecule has 3 rings (SSSR count). The molecule has 0 atom stereocenters. The second kappa shape index (κ2) is 5.14. The molecule has 0 unspecified atom stereocenters. The number of amides is 2. The van der Waals surface area contributed by atoms with Crippen LogP contribution in [0.15, 0.2) is 47.4 Å². The number of nitrogens with one attached hydrogen (secondary N) is 1. The number of carbonyl (C=O) groups is 1. The molecule has 0 fully saturated rings. The van der Waals surface area contributed by atoms with Gasteiger partial charge in [0.05, 0.1) is 12.2 Å². The molecule has 6 heteroatoms. The van der Waals surface area contributed by atoms with Crippen molar-refractivity contribution in [3.05, 3.63) is 59.2 Å². The molecule has 2 aromatic rings. The molecule has 0 spiro atoms. The van der Waals surface area contributed by atoms with Gasteiger partial charge in [-0.05, 0) is 37.1 Å². The molecule has 0 aliphatic carbocycles. The van der Waals surface area contributed by atoms with Gasteiger partial charge in [0, 0.05) is 0 Å². The van der Waals surface area contributed by atoms with E-state index in [4.69, 9.17) is 0 Å². The molecule has 0 bridgehead atoms. The summed E-state index contributed by atoms with van der Waals surface area (Å²) in [6.45, 7) is 3.86. The Morgan fingerprint density at radius 2 is 1.82 bits per heavy atom. The van der Waals surface area contributed by atoms with Gasteiger partial charge in [-0.1, -0.05) is 35.9 Å². The highest BCUT2D eigenvalue weighted by Crippen LogP contribution is 2.31. The van der Waals surface area contributed by atoms with Crippen molar-refractivity contribution in [2.75, 3.05) is 5.32 Å². The Bertz CT molecular complexity index is 859. The van der Waals surface area contributed by atoms with Crippen molar-refractivity contribution in [2.24, 2.45) is 0 Å². The predicted molar refractivity (Wildman–Crippen MR) is 84.1 cm³/mol. The molecular weight excluding hydrogens is 300 g/mol. The van der Waals surface area contributed by atoms with E-state index in [0.717, 1.165) is 21.0 Å². The number of rotatable bonds is 2. The number of carbonyl (C=O) groups excluding carboxylic acids is 1. The van der Waals surface area contributed by atoms with Crippen molar-refractivity contribution in [1.82, 2.24) is 4.31 Å². The number of para-hydroxylation sites is 1. The molecule has 0 saturated carbocycles. The first-order valence-electron chi connectivity index (χ1n) is 6.88. The number of sulfonamides is 1. The third kappa shape index (κ3) is 2.35. The number of fused-ring (bicyclic) bond motifs is 1. The van der Waals surface area contributed by atoms with Crippen molar-refractivity contribution in [2.45, 2.75) is 25.3 Å². The average molecular weight is 316 g/mol. The molecule has 0 radical (unpaired) electrons. The molecule has 5 nitrogen and oxygen atoms in total. The Morgan fingerprint density at radius 3 is 2.59 bits per heavy atom. The standard InChI is InChI=1S/C16H16N2O3S/c1-11-7-8-12(2)13(9-11)10-18-16(19)17-14-5-3-4-6-15(14)22(18,20)21/h3-9H,10H2,1-2H3,(H,17,19). The molecule has 1 heterocycles. The number of hydrogen-bond donors (Lipinski definition) is 1. The van der Waals surface area contributed by atoms with Crippen molar-refractivity contribution in [1.29, 1.82) is 0 Å². The van der Waals surface area contributed by atoms with Gasteiger partial charge >= 0.3 is 6.03 Å². The van der Waals surface area contributed by atoms with Gasteiger partial charge in [-0.15, -0.1) is 0 Å². The Morgan fingerprint density at radius 1 is 1.09 bits per heavy atom. The van der Waals surface area contributed by atoms with Crippen LogP contribution in [-0.2, 0) is 16.6 Å². The lowest BCUT2D eigenvalue weighted by Crippen LogP contribution is -2.43. The van der Waals surface area contributed by atoms with Gasteiger partial charge in [0.15, 0.2) is 0 Å². The van der Waals surface area contributed by atoms with Crippen LogP contribution in [0.3, 0.4) is 0 Å². The summed E-state index contributed by atoms with van der Waals surface area (Å²) in [5.41, 5.74) is 3.12. The molecule has 1 N–H and O–H groups in total. The maximum absolute atomic E-state index is 12.7. The van der Waals surface area contributed by atoms with Crippen LogP contribution < -0.4 is 5.32 Å². The lowest BCUT2D eigenvalue weighted by Gasteiger charge is -2.29. The third-order valence-corrected chi connectivity index (χ3v) is 5.53. The predicted octanol–water partition coefficient (Wildman–Crippen LogP) is 3.04. The number of nitrogens with zero attached hydrogens (tertiary/aromatic N) is 1. The Labute approximate surface area is 129 Å². The number of benzene rings is 2. The van der Waals surface area contributed by atoms with Gasteiger partial charge in [-0.3, -0.25) is 0 Å². The minimum atomic E-state index is -3.84. The Balaban J connectivity index is 2.05. The average Bonchev–Trinajstić information content (AvgIpc) is 2.47. The first kappa shape index (κ1) is 14.6. The van der Waals surface area contributed by atoms with Crippen LogP contribution in [0.4, 0.5) is 10.5 Å². The summed E-state index contributed by atoms with van der Waals surface area (Å²) in [6, 6.07) is 11.6. The van der Waals surface area contributed by atoms with Crippen molar-refractivity contribution in [3.8, 4) is 0 Å². The van der Waals surface area contributed by atoms with E-state index in [1.54, 1.807) is 18.2 Å². The van der Waals surface area contributed by atoms with E-state index in [9.17, 15) is 13.2 Å². The summed E-state index contributed by atoms with van der Waals surface area (Å²) in [5, 5.41) is 2.63. The van der Waals surface area contributed by atoms with Crippen molar-refractivity contribution >= 4 is 21.7 Å². The molecule has 0 aromatic heterocycles. The maximum Gasteiger partial charge on any atom is 0.336 e. The fourth-order valence-electron chi connectivity index (χ4n) is 2.48. The largest absolute Gasteiger partial charge is 0.336 e. The molecule has 114 valence electrons. The molecular formula is C16H16N2O3S. The van der Waals surface area contributed by atoms with E-state index in [1.165, 1.54) is 6.07 Å². The van der Waals surface area contributed by atoms with Crippen LogP contribution in [0.2, 0.25) is 0 Å². The maximum atomic E-state index is 12.7. The van der Waals surface area contributed by atoms with Gasteiger partial charge in [-0.25, -0.2) is 17.5 Å². The van der Waals surface area contributed by atoms with Crippen LogP contribution in [0.25, 0.3) is 0 Å². The summed E-state index contributed by atoms with van der Waals surface area (Å²) in [7, 11) is -3.84. The number of anilines is 1. The van der Waals surface area contributed by atoms with Gasteiger partial charge in [0.25, 0.3) is 10.0 Å². The highest BCUT2D eigenvalue weighted by molar-refractivity contribution is 7.90. The summed E-state index contributed by atoms with van der Waals surface area (Å²) < 4.78 is 26.2. The summed E-state index contributed by atoms with van der Waals surface area (Å²) in [5.74, 6) is 0. The molecule has 0 saturated heterocycles. The highest BCUT2D eigenvalue weighted by atomic mass is 32.2. The zero-order valence-corrected chi connectivity index (χ0v) is 13.1. The van der Waals surface area contributed by atoms with Crippen LogP contribution in [0, 0.1) is 13.8 Å². The molecule has 1 aliphatic rings. The first-order valence-corrected chi connectivity index (χ1v) is 8.32. The normalized spacial score (nSPS) is 16.1. The van der Waals surface area contributed by atoms with Gasteiger partial charge < -0.3 is 5.32 Å². The van der Waals surface area contributed by atoms with Gasteiger partial charge in [0.1, 0.15) is 4.90 Å². The van der Waals surface area contributed by atoms with E-state index in [2.05, 4.69) is 5.32 Å². The van der Waals surface area contributed by atoms with Gasteiger partial charge in [-0.2, -0.15) is 0 Å². The lowest BCUT2D eigenvalue weighted by atomic mass is 10.1. The summed E-state index contributed by atoms with van der Waals surface area (Å²) in [4.78, 5) is 12.3. The lowest BCUT2D eigenvalue weighted by molar-refractivity contribution is 0.233. The zero-order valence-electron chi connectivity index (χ0n) is 12.3. The topological polar surface area (TPSA) is 66.5 Å². The fourth-order valence-corrected chi connectivity index (χ4v) is 3.94. The second-order valence-corrected chi connectivity index (χ2v) is 7.20. The van der Waals surface area contributed by atoms with E-state index in [0.29, 0.717) is 5.69 Å². The quantitative estimate of drug-likeness (QED) is 0.926. The van der Waals surface area contributed by atoms with E-state index in [-0.39, 0.29) is 11.4 Å². The van der Waals surface area contributed by atoms with Crippen molar-refractivity contribution < 1.29 is 13.2 Å². The number of urea groups is 1. The van der Waals surface area contributed by atoms with Crippen molar-refractivity contribution in [3.63, 3.8) is 0 Å². The molecule has 1 aliphatic heterocycles. The highest BCUT2D eigenvalue weighted by Gasteiger charge is 2.36. The van der Waals surface area contributed by atoms with Crippen LogP contribution >= 0.6 is 0 Å². The van der Waals surface area contributed by atoms with Gasteiger partial charge in [0.2, 0.25) is 0 Å². The Kier molecular flexibility index (Phi) is 3.41. The van der Waals surface area contributed by atoms with Crippen LogP contribution in [0.1, 0.15) is 16.7 Å². The second-order valence-electron chi connectivity index (χ2n) is 5.37. The minimum Gasteiger partial charge on any atom is -0.306 e. The minimum absolute atomic E-state index is 0.0238. The fraction of sp³-hybridized carbons (Fsp3) is 0.188. The zero-order chi connectivity index (χ0) is 15.9. The Hall–Kier alpha value is -2.34. The third-order valence-electron chi connectivity index (χ3n) is 3.74. The van der Waals surface area contributed by atoms with E-state index < -0.39 is 16.1 Å². The SMILES string of the molecule is Cc1ccc(C)c(CN2C(=O)Nc3ccccc3S2(=O)=O)c1. The smallest absolute Gasteiger partial charge is 0.306 e. The van der Waals surface area contributed by atoms with E-state index >= 15 is 0 Å². The summed E-state index contributed by atoms with van der Waals surface area (Å²) in [6.07, 6.45) is 0. The van der Waals surface area contributed by atoms with Crippen LogP contribution in [-0.4, -0.2) is 18.8 Å². The number of aryl methyl sites for hydroxylation is 2. The molecule has 2 amide bonds.